The normalized spacial score (nSPS) is 10.9. The van der Waals surface area contributed by atoms with E-state index < -0.39 is 0 Å². The van der Waals surface area contributed by atoms with Crippen molar-refractivity contribution in [3.63, 3.8) is 0 Å². The molecule has 1 heterocycles. The van der Waals surface area contributed by atoms with E-state index in [1.807, 2.05) is 6.07 Å². The summed E-state index contributed by atoms with van der Waals surface area (Å²) in [6, 6.07) is 14.7. The summed E-state index contributed by atoms with van der Waals surface area (Å²) < 4.78 is 0. The zero-order valence-electron chi connectivity index (χ0n) is 9.94. The molecule has 0 saturated carbocycles. The van der Waals surface area contributed by atoms with E-state index in [0.29, 0.717) is 6.54 Å². The lowest BCUT2D eigenvalue weighted by Crippen LogP contribution is -2.14. The molecule has 3 rings (SSSR count). The van der Waals surface area contributed by atoms with Crippen LogP contribution in [0.5, 0.6) is 0 Å². The average Bonchev–Trinajstić information content (AvgIpc) is 2.76. The van der Waals surface area contributed by atoms with Crippen LogP contribution in [0.25, 0.3) is 21.8 Å². The van der Waals surface area contributed by atoms with Crippen LogP contribution in [0.4, 0.5) is 0 Å². The fourth-order valence-corrected chi connectivity index (χ4v) is 2.33. The van der Waals surface area contributed by atoms with Crippen molar-refractivity contribution in [3.05, 3.63) is 48.0 Å². The summed E-state index contributed by atoms with van der Waals surface area (Å²) in [6.07, 6.45) is 1.59. The van der Waals surface area contributed by atoms with Crippen LogP contribution in [0, 0.1) is 0 Å². The molecule has 3 heteroatoms. The van der Waals surface area contributed by atoms with Crippen LogP contribution in [0.1, 0.15) is 5.56 Å². The minimum Gasteiger partial charge on any atom is -0.358 e. The Morgan fingerprint density at radius 3 is 2.78 bits per heavy atom. The van der Waals surface area contributed by atoms with Crippen molar-refractivity contribution in [2.75, 3.05) is 6.54 Å². The fraction of sp³-hybridized carbons (Fsp3) is 0.133. The predicted molar refractivity (Wildman–Crippen MR) is 73.6 cm³/mol. The quantitative estimate of drug-likeness (QED) is 0.532. The lowest BCUT2D eigenvalue weighted by molar-refractivity contribution is -0.109. The number of aromatic nitrogens is 1. The lowest BCUT2D eigenvalue weighted by Gasteiger charge is -2.00. The number of carbonyl (C=O) groups is 1. The van der Waals surface area contributed by atoms with Crippen LogP contribution in [0.3, 0.4) is 0 Å². The van der Waals surface area contributed by atoms with Crippen LogP contribution in [0.2, 0.25) is 0 Å². The topological polar surface area (TPSA) is 44.9 Å². The van der Waals surface area contributed by atoms with E-state index in [4.69, 9.17) is 0 Å². The largest absolute Gasteiger partial charge is 0.358 e. The molecule has 90 valence electrons. The Kier molecular flexibility index (Phi) is 2.73. The van der Waals surface area contributed by atoms with Gasteiger partial charge in [-0.3, -0.25) is 4.79 Å². The minimum absolute atomic E-state index is 0.676. The van der Waals surface area contributed by atoms with E-state index in [0.717, 1.165) is 23.9 Å². The first-order valence-electron chi connectivity index (χ1n) is 6.05. The van der Waals surface area contributed by atoms with E-state index in [9.17, 15) is 4.79 Å². The zero-order valence-corrected chi connectivity index (χ0v) is 9.94. The minimum atomic E-state index is 0.676. The summed E-state index contributed by atoms with van der Waals surface area (Å²) >= 11 is 0. The molecular weight excluding hydrogens is 224 g/mol. The van der Waals surface area contributed by atoms with Gasteiger partial charge in [0, 0.05) is 28.4 Å². The molecule has 0 radical (unpaired) electrons. The third kappa shape index (κ3) is 1.84. The first kappa shape index (κ1) is 10.8. The molecule has 1 amide bonds. The van der Waals surface area contributed by atoms with Gasteiger partial charge in [0.1, 0.15) is 0 Å². The summed E-state index contributed by atoms with van der Waals surface area (Å²) in [4.78, 5) is 13.6. The Balaban J connectivity index is 2.01. The molecule has 0 spiro atoms. The van der Waals surface area contributed by atoms with Gasteiger partial charge >= 0.3 is 0 Å². The molecule has 0 aliphatic heterocycles. The van der Waals surface area contributed by atoms with Crippen LogP contribution in [0.15, 0.2) is 42.5 Å². The molecule has 0 aliphatic rings. The van der Waals surface area contributed by atoms with Gasteiger partial charge < -0.3 is 10.3 Å². The first-order chi connectivity index (χ1) is 8.88. The molecule has 3 nitrogen and oxygen atoms in total. The highest BCUT2D eigenvalue weighted by Gasteiger charge is 2.03. The smallest absolute Gasteiger partial charge is 0.207 e. The Morgan fingerprint density at radius 2 is 1.89 bits per heavy atom. The molecule has 2 aromatic carbocycles. The number of hydrogen-bond acceptors (Lipinski definition) is 1. The van der Waals surface area contributed by atoms with Crippen molar-refractivity contribution < 1.29 is 4.79 Å². The van der Waals surface area contributed by atoms with Crippen molar-refractivity contribution in [2.45, 2.75) is 6.42 Å². The van der Waals surface area contributed by atoms with Crippen molar-refractivity contribution in [1.82, 2.24) is 10.3 Å². The molecule has 0 atom stereocenters. The lowest BCUT2D eigenvalue weighted by atomic mass is 10.1. The SMILES string of the molecule is O=CNCCc1ccc2c(c1)[nH]c1ccccc12. The molecule has 18 heavy (non-hydrogen) atoms. The second-order valence-electron chi connectivity index (χ2n) is 4.37. The third-order valence-electron chi connectivity index (χ3n) is 3.21. The maximum atomic E-state index is 10.2. The Hall–Kier alpha value is -2.29. The molecule has 3 aromatic rings. The summed E-state index contributed by atoms with van der Waals surface area (Å²) in [7, 11) is 0. The fourth-order valence-electron chi connectivity index (χ4n) is 2.33. The number of benzene rings is 2. The maximum Gasteiger partial charge on any atom is 0.207 e. The number of hydrogen-bond donors (Lipinski definition) is 2. The number of amides is 1. The molecule has 0 saturated heterocycles. The van der Waals surface area contributed by atoms with E-state index in [1.54, 1.807) is 0 Å². The van der Waals surface area contributed by atoms with Gasteiger partial charge in [-0.15, -0.1) is 0 Å². The number of nitrogens with one attached hydrogen (secondary N) is 2. The average molecular weight is 238 g/mol. The Bertz CT molecular complexity index is 700. The highest BCUT2D eigenvalue weighted by molar-refractivity contribution is 6.07. The molecule has 0 fully saturated rings. The summed E-state index contributed by atoms with van der Waals surface area (Å²) in [6.45, 7) is 0.676. The number of aromatic amines is 1. The molecular formula is C15H14N2O. The van der Waals surface area contributed by atoms with Crippen LogP contribution >= 0.6 is 0 Å². The highest BCUT2D eigenvalue weighted by atomic mass is 16.1. The molecule has 0 bridgehead atoms. The summed E-state index contributed by atoms with van der Waals surface area (Å²) in [5, 5.41) is 5.18. The second-order valence-corrected chi connectivity index (χ2v) is 4.37. The van der Waals surface area contributed by atoms with Crippen molar-refractivity contribution >= 4 is 28.2 Å². The molecule has 0 unspecified atom stereocenters. The summed E-state index contributed by atoms with van der Waals surface area (Å²) in [5.74, 6) is 0. The monoisotopic (exact) mass is 238 g/mol. The van der Waals surface area contributed by atoms with Gasteiger partial charge in [-0.2, -0.15) is 0 Å². The van der Waals surface area contributed by atoms with Gasteiger partial charge in [-0.25, -0.2) is 0 Å². The van der Waals surface area contributed by atoms with Gasteiger partial charge in [-0.05, 0) is 24.1 Å². The van der Waals surface area contributed by atoms with Gasteiger partial charge in [0.05, 0.1) is 0 Å². The number of H-pyrrole nitrogens is 1. The molecule has 0 aliphatic carbocycles. The van der Waals surface area contributed by atoms with E-state index >= 15 is 0 Å². The molecule has 2 N–H and O–H groups in total. The zero-order chi connectivity index (χ0) is 12.4. The van der Waals surface area contributed by atoms with Crippen molar-refractivity contribution in [1.29, 1.82) is 0 Å². The number of para-hydroxylation sites is 1. The summed E-state index contributed by atoms with van der Waals surface area (Å²) in [5.41, 5.74) is 3.54. The van der Waals surface area contributed by atoms with Crippen LogP contribution in [-0.2, 0) is 11.2 Å². The molecule has 1 aromatic heterocycles. The van der Waals surface area contributed by atoms with Gasteiger partial charge in [-0.1, -0.05) is 30.3 Å². The van der Waals surface area contributed by atoms with Gasteiger partial charge in [0.25, 0.3) is 0 Å². The Morgan fingerprint density at radius 1 is 1.06 bits per heavy atom. The van der Waals surface area contributed by atoms with Crippen LogP contribution in [-0.4, -0.2) is 17.9 Å². The van der Waals surface area contributed by atoms with Gasteiger partial charge in [0.2, 0.25) is 6.41 Å². The van der Waals surface area contributed by atoms with Crippen LogP contribution < -0.4 is 5.32 Å². The first-order valence-corrected chi connectivity index (χ1v) is 6.05. The standard InChI is InChI=1S/C15H14N2O/c18-10-16-8-7-11-5-6-13-12-3-1-2-4-14(12)17-15(13)9-11/h1-6,9-10,17H,7-8H2,(H,16,18). The maximum absolute atomic E-state index is 10.2. The highest BCUT2D eigenvalue weighted by Crippen LogP contribution is 2.25. The van der Waals surface area contributed by atoms with Crippen molar-refractivity contribution in [3.8, 4) is 0 Å². The van der Waals surface area contributed by atoms with E-state index in [-0.39, 0.29) is 0 Å². The number of carbonyl (C=O) groups excluding carboxylic acids is 1. The van der Waals surface area contributed by atoms with E-state index in [2.05, 4.69) is 46.7 Å². The van der Waals surface area contributed by atoms with Crippen molar-refractivity contribution in [2.24, 2.45) is 0 Å². The number of rotatable bonds is 4. The van der Waals surface area contributed by atoms with E-state index in [1.165, 1.54) is 16.3 Å². The predicted octanol–water partition coefficient (Wildman–Crippen LogP) is 2.61. The Labute approximate surface area is 105 Å². The van der Waals surface area contributed by atoms with Gasteiger partial charge in [0.15, 0.2) is 0 Å². The number of fused-ring (bicyclic) bond motifs is 3. The second kappa shape index (κ2) is 4.53. The third-order valence-corrected chi connectivity index (χ3v) is 3.21.